The number of carbonyl (C=O) groups excluding carboxylic acids is 1. The van der Waals surface area contributed by atoms with Crippen LogP contribution in [-0.2, 0) is 11.4 Å². The van der Waals surface area contributed by atoms with Crippen molar-refractivity contribution in [1.29, 1.82) is 5.26 Å². The van der Waals surface area contributed by atoms with Gasteiger partial charge in [0.1, 0.15) is 24.0 Å². The predicted octanol–water partition coefficient (Wildman–Crippen LogP) is 6.18. The first-order chi connectivity index (χ1) is 17.0. The third kappa shape index (κ3) is 5.34. The summed E-state index contributed by atoms with van der Waals surface area (Å²) in [4.78, 5) is 23.1. The van der Waals surface area contributed by atoms with Crippen molar-refractivity contribution in [3.63, 3.8) is 0 Å². The fraction of sp³-hybridized carbons (Fsp3) is 0.0714. The van der Waals surface area contributed by atoms with E-state index >= 15 is 0 Å². The van der Waals surface area contributed by atoms with Gasteiger partial charge in [-0.1, -0.05) is 60.7 Å². The molecular weight excluding hydrogens is 442 g/mol. The highest BCUT2D eigenvalue weighted by molar-refractivity contribution is 6.10. The van der Waals surface area contributed by atoms with Crippen molar-refractivity contribution in [2.45, 2.75) is 13.5 Å². The van der Waals surface area contributed by atoms with Crippen LogP contribution in [-0.4, -0.2) is 10.8 Å². The number of fused-ring (bicyclic) bond motifs is 1. The van der Waals surface area contributed by atoms with Gasteiger partial charge in [-0.25, -0.2) is 0 Å². The summed E-state index contributed by atoms with van der Waals surface area (Å²) < 4.78 is 6.14. The second-order valence-corrected chi connectivity index (χ2v) is 7.84. The number of para-hydroxylation sites is 1. The lowest BCUT2D eigenvalue weighted by molar-refractivity contribution is -0.384. The van der Waals surface area contributed by atoms with Crippen LogP contribution in [0, 0.1) is 28.4 Å². The molecule has 0 spiro atoms. The summed E-state index contributed by atoms with van der Waals surface area (Å²) in [5, 5.41) is 25.3. The number of hydrogen-bond donors (Lipinski definition) is 1. The number of nitriles is 1. The molecule has 4 aromatic rings. The van der Waals surface area contributed by atoms with Gasteiger partial charge in [0.25, 0.3) is 11.6 Å². The molecule has 0 fully saturated rings. The first-order valence-electron chi connectivity index (χ1n) is 10.8. The van der Waals surface area contributed by atoms with Gasteiger partial charge in [0.05, 0.1) is 4.92 Å². The Morgan fingerprint density at radius 1 is 1.06 bits per heavy atom. The SMILES string of the molecule is Cc1ccc2ccccc2c1COc1ccccc1/C=C(\C#N)C(=O)Nc1cccc([N+](=O)[O-])c1. The molecule has 0 bridgehead atoms. The zero-order valence-corrected chi connectivity index (χ0v) is 18.9. The molecule has 35 heavy (non-hydrogen) atoms. The van der Waals surface area contributed by atoms with Crippen molar-refractivity contribution in [2.24, 2.45) is 0 Å². The van der Waals surface area contributed by atoms with Gasteiger partial charge in [-0.15, -0.1) is 0 Å². The lowest BCUT2D eigenvalue weighted by atomic mass is 10.0. The highest BCUT2D eigenvalue weighted by Crippen LogP contribution is 2.27. The fourth-order valence-electron chi connectivity index (χ4n) is 3.72. The Morgan fingerprint density at radius 3 is 2.63 bits per heavy atom. The van der Waals surface area contributed by atoms with Gasteiger partial charge < -0.3 is 10.1 Å². The Morgan fingerprint density at radius 2 is 1.83 bits per heavy atom. The number of nitrogens with one attached hydrogen (secondary N) is 1. The molecule has 0 aliphatic heterocycles. The smallest absolute Gasteiger partial charge is 0.271 e. The van der Waals surface area contributed by atoms with Crippen molar-refractivity contribution in [3.8, 4) is 11.8 Å². The number of amides is 1. The number of nitrogens with zero attached hydrogens (tertiary/aromatic N) is 2. The highest BCUT2D eigenvalue weighted by Gasteiger charge is 2.14. The summed E-state index contributed by atoms with van der Waals surface area (Å²) >= 11 is 0. The van der Waals surface area contributed by atoms with E-state index in [2.05, 4.69) is 23.5 Å². The summed E-state index contributed by atoms with van der Waals surface area (Å²) in [6.45, 7) is 2.35. The van der Waals surface area contributed by atoms with Crippen molar-refractivity contribution in [1.82, 2.24) is 0 Å². The Kier molecular flexibility index (Phi) is 6.84. The van der Waals surface area contributed by atoms with E-state index in [4.69, 9.17) is 4.74 Å². The van der Waals surface area contributed by atoms with Crippen molar-refractivity contribution in [2.75, 3.05) is 5.32 Å². The number of hydrogen-bond acceptors (Lipinski definition) is 5. The summed E-state index contributed by atoms with van der Waals surface area (Å²) in [6, 6.07) is 26.8. The van der Waals surface area contributed by atoms with Crippen LogP contribution >= 0.6 is 0 Å². The molecule has 0 aliphatic carbocycles. The number of rotatable bonds is 7. The molecule has 0 unspecified atom stereocenters. The number of carbonyl (C=O) groups is 1. The van der Waals surface area contributed by atoms with Crippen LogP contribution in [0.2, 0.25) is 0 Å². The summed E-state index contributed by atoms with van der Waals surface area (Å²) in [6.07, 6.45) is 1.44. The lowest BCUT2D eigenvalue weighted by Gasteiger charge is -2.14. The molecule has 0 saturated carbocycles. The Labute approximate surface area is 202 Å². The minimum absolute atomic E-state index is 0.158. The number of nitro groups is 1. The number of benzene rings is 4. The van der Waals surface area contributed by atoms with Crippen LogP contribution in [0.4, 0.5) is 11.4 Å². The predicted molar refractivity (Wildman–Crippen MR) is 135 cm³/mol. The molecule has 4 aromatic carbocycles. The molecule has 4 rings (SSSR count). The maximum atomic E-state index is 12.7. The first kappa shape index (κ1) is 23.2. The van der Waals surface area contributed by atoms with Crippen LogP contribution in [0.25, 0.3) is 16.8 Å². The maximum absolute atomic E-state index is 12.7. The van der Waals surface area contributed by atoms with E-state index in [-0.39, 0.29) is 16.9 Å². The van der Waals surface area contributed by atoms with Gasteiger partial charge in [-0.2, -0.15) is 5.26 Å². The normalized spacial score (nSPS) is 11.0. The molecule has 0 aliphatic rings. The molecular formula is C28H21N3O4. The lowest BCUT2D eigenvalue weighted by Crippen LogP contribution is -2.13. The van der Waals surface area contributed by atoms with E-state index in [0.29, 0.717) is 17.9 Å². The molecule has 7 nitrogen and oxygen atoms in total. The Balaban J connectivity index is 1.57. The molecule has 172 valence electrons. The van der Waals surface area contributed by atoms with Crippen molar-refractivity contribution < 1.29 is 14.5 Å². The van der Waals surface area contributed by atoms with Gasteiger partial charge in [0.15, 0.2) is 0 Å². The second-order valence-electron chi connectivity index (χ2n) is 7.84. The van der Waals surface area contributed by atoms with Crippen LogP contribution in [0.1, 0.15) is 16.7 Å². The number of non-ortho nitro benzene ring substituents is 1. The molecule has 0 atom stereocenters. The van der Waals surface area contributed by atoms with E-state index in [1.807, 2.05) is 37.3 Å². The van der Waals surface area contributed by atoms with Crippen LogP contribution < -0.4 is 10.1 Å². The number of nitro benzene ring substituents is 1. The average molecular weight is 463 g/mol. The number of anilines is 1. The first-order valence-corrected chi connectivity index (χ1v) is 10.8. The van der Waals surface area contributed by atoms with Gasteiger partial charge in [0, 0.05) is 28.9 Å². The van der Waals surface area contributed by atoms with Gasteiger partial charge in [-0.3, -0.25) is 14.9 Å². The zero-order chi connectivity index (χ0) is 24.8. The summed E-state index contributed by atoms with van der Waals surface area (Å²) in [5.74, 6) is -0.150. The van der Waals surface area contributed by atoms with Crippen molar-refractivity contribution in [3.05, 3.63) is 117 Å². The average Bonchev–Trinajstić information content (AvgIpc) is 2.87. The Hall–Kier alpha value is -4.96. The minimum atomic E-state index is -0.673. The topological polar surface area (TPSA) is 105 Å². The van der Waals surface area contributed by atoms with Crippen LogP contribution in [0.15, 0.2) is 90.5 Å². The molecule has 0 saturated heterocycles. The standard InChI is InChI=1S/C28H21N3O4/c1-19-13-14-20-7-2-4-11-25(20)26(19)18-35-27-12-5-3-8-21(27)15-22(17-29)28(32)30-23-9-6-10-24(16-23)31(33)34/h2-16H,18H2,1H3,(H,30,32)/b22-15+. The van der Waals surface area contributed by atoms with E-state index in [1.165, 1.54) is 30.3 Å². The quantitative estimate of drug-likeness (QED) is 0.152. The Bertz CT molecular complexity index is 1500. The third-order valence-corrected chi connectivity index (χ3v) is 5.55. The van der Waals surface area contributed by atoms with Crippen LogP contribution in [0.3, 0.4) is 0 Å². The largest absolute Gasteiger partial charge is 0.488 e. The maximum Gasteiger partial charge on any atom is 0.271 e. The molecule has 0 heterocycles. The molecule has 0 radical (unpaired) electrons. The molecule has 1 N–H and O–H groups in total. The minimum Gasteiger partial charge on any atom is -0.488 e. The monoisotopic (exact) mass is 463 g/mol. The van der Waals surface area contributed by atoms with E-state index in [1.54, 1.807) is 18.2 Å². The van der Waals surface area contributed by atoms with Gasteiger partial charge in [0.2, 0.25) is 0 Å². The van der Waals surface area contributed by atoms with E-state index < -0.39 is 10.8 Å². The van der Waals surface area contributed by atoms with Gasteiger partial charge >= 0.3 is 0 Å². The van der Waals surface area contributed by atoms with Crippen molar-refractivity contribution >= 4 is 34.1 Å². The molecule has 7 heteroatoms. The molecule has 1 amide bonds. The van der Waals surface area contributed by atoms with Crippen LogP contribution in [0.5, 0.6) is 5.75 Å². The summed E-state index contributed by atoms with van der Waals surface area (Å²) in [7, 11) is 0. The second kappa shape index (κ2) is 10.3. The number of ether oxygens (including phenoxy) is 1. The molecule has 0 aromatic heterocycles. The van der Waals surface area contributed by atoms with E-state index in [0.717, 1.165) is 21.9 Å². The number of aryl methyl sites for hydroxylation is 1. The summed E-state index contributed by atoms with van der Waals surface area (Å²) in [5.41, 5.74) is 2.63. The van der Waals surface area contributed by atoms with E-state index in [9.17, 15) is 20.2 Å². The van der Waals surface area contributed by atoms with Gasteiger partial charge in [-0.05, 0) is 41.5 Å². The fourth-order valence-corrected chi connectivity index (χ4v) is 3.72. The zero-order valence-electron chi connectivity index (χ0n) is 18.9. The third-order valence-electron chi connectivity index (χ3n) is 5.55. The highest BCUT2D eigenvalue weighted by atomic mass is 16.6.